The molecule has 1 N–H and O–H groups in total. The fourth-order valence-electron chi connectivity index (χ4n) is 4.21. The Hall–Kier alpha value is -2.93. The predicted octanol–water partition coefficient (Wildman–Crippen LogP) is 3.76. The Morgan fingerprint density at radius 3 is 2.77 bits per heavy atom. The van der Waals surface area contributed by atoms with Gasteiger partial charge in [0.15, 0.2) is 11.6 Å². The van der Waals surface area contributed by atoms with Gasteiger partial charge in [-0.15, -0.1) is 10.2 Å². The van der Waals surface area contributed by atoms with E-state index in [4.69, 9.17) is 4.42 Å². The van der Waals surface area contributed by atoms with Crippen molar-refractivity contribution in [2.75, 3.05) is 13.1 Å². The third-order valence-electron chi connectivity index (χ3n) is 5.71. The third kappa shape index (κ3) is 5.22. The Bertz CT molecular complexity index is 1010. The summed E-state index contributed by atoms with van der Waals surface area (Å²) < 4.78 is 7.47. The molecule has 1 aromatic carbocycles. The van der Waals surface area contributed by atoms with Crippen LogP contribution in [0.2, 0.25) is 0 Å². The topological polar surface area (TPSA) is 76.2 Å². The number of fused-ring (bicyclic) bond motifs is 1. The fraction of sp³-hybridized carbons (Fsp3) is 0.458. The van der Waals surface area contributed by atoms with Crippen LogP contribution in [0.15, 0.2) is 47.1 Å². The molecule has 31 heavy (non-hydrogen) atoms. The molecule has 7 nitrogen and oxygen atoms in total. The number of carbonyl (C=O) groups excluding carboxylic acids is 1. The van der Waals surface area contributed by atoms with Crippen LogP contribution in [-0.2, 0) is 19.5 Å². The summed E-state index contributed by atoms with van der Waals surface area (Å²) >= 11 is 0. The molecular weight excluding hydrogens is 390 g/mol. The lowest BCUT2D eigenvalue weighted by atomic mass is 10.0. The number of benzene rings is 1. The Labute approximate surface area is 183 Å². The Balaban J connectivity index is 1.49. The minimum atomic E-state index is -0.220. The summed E-state index contributed by atoms with van der Waals surface area (Å²) in [6.45, 7) is 10.0. The first-order chi connectivity index (χ1) is 15.0. The lowest BCUT2D eigenvalue weighted by molar-refractivity contribution is 0.0900. The van der Waals surface area contributed by atoms with E-state index in [-0.39, 0.29) is 11.9 Å². The van der Waals surface area contributed by atoms with Gasteiger partial charge in [0.1, 0.15) is 5.82 Å². The van der Waals surface area contributed by atoms with Crippen molar-refractivity contribution in [1.82, 2.24) is 25.0 Å². The van der Waals surface area contributed by atoms with Gasteiger partial charge in [0, 0.05) is 32.6 Å². The molecule has 0 bridgehead atoms. The fourth-order valence-corrected chi connectivity index (χ4v) is 4.21. The molecule has 0 aliphatic carbocycles. The van der Waals surface area contributed by atoms with Crippen molar-refractivity contribution in [3.8, 4) is 0 Å². The van der Waals surface area contributed by atoms with Gasteiger partial charge in [-0.05, 0) is 37.0 Å². The van der Waals surface area contributed by atoms with Crippen LogP contribution in [-0.4, -0.2) is 38.7 Å². The zero-order valence-corrected chi connectivity index (χ0v) is 18.5. The van der Waals surface area contributed by atoms with E-state index in [1.807, 2.05) is 0 Å². The number of aryl methyl sites for hydroxylation is 1. The summed E-state index contributed by atoms with van der Waals surface area (Å²) in [7, 11) is 0. The quantitative estimate of drug-likeness (QED) is 0.629. The predicted molar refractivity (Wildman–Crippen MR) is 119 cm³/mol. The van der Waals surface area contributed by atoms with Gasteiger partial charge in [0.25, 0.3) is 5.91 Å². The molecule has 0 radical (unpaired) electrons. The summed E-state index contributed by atoms with van der Waals surface area (Å²) in [6, 6.07) is 11.9. The van der Waals surface area contributed by atoms with Crippen molar-refractivity contribution in [3.63, 3.8) is 0 Å². The number of carbonyl (C=O) groups is 1. The van der Waals surface area contributed by atoms with Crippen molar-refractivity contribution in [2.45, 2.75) is 52.7 Å². The van der Waals surface area contributed by atoms with Crippen LogP contribution in [0.4, 0.5) is 0 Å². The Kier molecular flexibility index (Phi) is 6.51. The SMILES string of the molecule is Cc1cccc(CN2CCc3nnc([C@H](CC(C)C)NC(=O)c4ccco4)n3CC2)c1. The van der Waals surface area contributed by atoms with Crippen LogP contribution in [0.1, 0.15) is 59.6 Å². The van der Waals surface area contributed by atoms with Crippen molar-refractivity contribution >= 4 is 5.91 Å². The van der Waals surface area contributed by atoms with Crippen LogP contribution < -0.4 is 5.32 Å². The van der Waals surface area contributed by atoms with Gasteiger partial charge in [0.2, 0.25) is 0 Å². The summed E-state index contributed by atoms with van der Waals surface area (Å²) in [5, 5.41) is 12.1. The molecule has 1 atom stereocenters. The Morgan fingerprint density at radius 2 is 2.03 bits per heavy atom. The molecule has 164 valence electrons. The number of nitrogens with zero attached hydrogens (tertiary/aromatic N) is 4. The van der Waals surface area contributed by atoms with Crippen molar-refractivity contribution in [3.05, 3.63) is 71.2 Å². The lowest BCUT2D eigenvalue weighted by Crippen LogP contribution is -2.32. The van der Waals surface area contributed by atoms with Gasteiger partial charge in [-0.3, -0.25) is 9.69 Å². The van der Waals surface area contributed by atoms with Crippen molar-refractivity contribution < 1.29 is 9.21 Å². The number of hydrogen-bond acceptors (Lipinski definition) is 5. The molecule has 1 aliphatic rings. The molecule has 1 aliphatic heterocycles. The average Bonchev–Trinajstić information content (AvgIpc) is 3.36. The number of nitrogens with one attached hydrogen (secondary N) is 1. The molecule has 0 saturated carbocycles. The maximum absolute atomic E-state index is 12.6. The van der Waals surface area contributed by atoms with Crippen LogP contribution in [0.5, 0.6) is 0 Å². The van der Waals surface area contributed by atoms with Gasteiger partial charge in [-0.25, -0.2) is 0 Å². The summed E-state index contributed by atoms with van der Waals surface area (Å²) in [5.74, 6) is 2.32. The number of aromatic nitrogens is 3. The van der Waals surface area contributed by atoms with E-state index in [0.29, 0.717) is 11.7 Å². The van der Waals surface area contributed by atoms with Crippen LogP contribution in [0.3, 0.4) is 0 Å². The Morgan fingerprint density at radius 1 is 1.16 bits per heavy atom. The van der Waals surface area contributed by atoms with E-state index < -0.39 is 0 Å². The first kappa shape index (κ1) is 21.3. The van der Waals surface area contributed by atoms with E-state index in [9.17, 15) is 4.79 Å². The van der Waals surface area contributed by atoms with Gasteiger partial charge in [0.05, 0.1) is 12.3 Å². The largest absolute Gasteiger partial charge is 0.459 e. The van der Waals surface area contributed by atoms with Gasteiger partial charge in [-0.1, -0.05) is 43.7 Å². The van der Waals surface area contributed by atoms with E-state index in [2.05, 4.69) is 70.0 Å². The number of hydrogen-bond donors (Lipinski definition) is 1. The molecule has 0 fully saturated rings. The van der Waals surface area contributed by atoms with Crippen molar-refractivity contribution in [1.29, 1.82) is 0 Å². The summed E-state index contributed by atoms with van der Waals surface area (Å²) in [6.07, 6.45) is 3.15. The molecule has 0 saturated heterocycles. The monoisotopic (exact) mass is 421 g/mol. The molecular formula is C24H31N5O2. The van der Waals surface area contributed by atoms with E-state index in [1.165, 1.54) is 17.4 Å². The molecule has 4 rings (SSSR count). The summed E-state index contributed by atoms with van der Waals surface area (Å²) in [5.41, 5.74) is 2.62. The molecule has 1 amide bonds. The van der Waals surface area contributed by atoms with E-state index >= 15 is 0 Å². The normalized spacial score (nSPS) is 15.5. The van der Waals surface area contributed by atoms with Crippen LogP contribution in [0, 0.1) is 12.8 Å². The van der Waals surface area contributed by atoms with Crippen molar-refractivity contribution in [2.24, 2.45) is 5.92 Å². The maximum atomic E-state index is 12.6. The highest BCUT2D eigenvalue weighted by Gasteiger charge is 2.27. The molecule has 0 unspecified atom stereocenters. The highest BCUT2D eigenvalue weighted by atomic mass is 16.3. The molecule has 7 heteroatoms. The highest BCUT2D eigenvalue weighted by molar-refractivity contribution is 5.91. The van der Waals surface area contributed by atoms with E-state index in [1.54, 1.807) is 12.1 Å². The second-order valence-electron chi connectivity index (χ2n) is 8.77. The first-order valence-corrected chi connectivity index (χ1v) is 11.0. The minimum absolute atomic E-state index is 0.206. The number of amides is 1. The average molecular weight is 422 g/mol. The van der Waals surface area contributed by atoms with Crippen LogP contribution >= 0.6 is 0 Å². The highest BCUT2D eigenvalue weighted by Crippen LogP contribution is 2.23. The molecule has 3 aromatic rings. The second-order valence-corrected chi connectivity index (χ2v) is 8.77. The zero-order chi connectivity index (χ0) is 21.8. The molecule has 2 aromatic heterocycles. The van der Waals surface area contributed by atoms with Crippen LogP contribution in [0.25, 0.3) is 0 Å². The third-order valence-corrected chi connectivity index (χ3v) is 5.71. The molecule has 3 heterocycles. The molecule has 0 spiro atoms. The second kappa shape index (κ2) is 9.47. The maximum Gasteiger partial charge on any atom is 0.287 e. The first-order valence-electron chi connectivity index (χ1n) is 11.0. The number of rotatable bonds is 7. The minimum Gasteiger partial charge on any atom is -0.459 e. The number of furan rings is 1. The van der Waals surface area contributed by atoms with E-state index in [0.717, 1.165) is 50.7 Å². The zero-order valence-electron chi connectivity index (χ0n) is 18.5. The summed E-state index contributed by atoms with van der Waals surface area (Å²) in [4.78, 5) is 15.1. The standard InChI is InChI=1S/C24H31N5O2/c1-17(2)14-20(25-24(30)21-8-5-13-31-21)23-27-26-22-9-10-28(11-12-29(22)23)16-19-7-4-6-18(3)15-19/h4-8,13,15,17,20H,9-12,14,16H2,1-3H3,(H,25,30)/t20-/m0/s1. The van der Waals surface area contributed by atoms with Gasteiger partial charge < -0.3 is 14.3 Å². The lowest BCUT2D eigenvalue weighted by Gasteiger charge is -2.22. The van der Waals surface area contributed by atoms with Gasteiger partial charge in [-0.2, -0.15) is 0 Å². The smallest absolute Gasteiger partial charge is 0.287 e. The van der Waals surface area contributed by atoms with Gasteiger partial charge >= 0.3 is 0 Å².